The minimum atomic E-state index is -0.902. The number of carbonyl (C=O) groups excluding carboxylic acids is 2. The number of rotatable bonds is 9. The van der Waals surface area contributed by atoms with Crippen molar-refractivity contribution in [1.82, 2.24) is 5.01 Å². The van der Waals surface area contributed by atoms with Crippen LogP contribution in [-0.2, 0) is 9.59 Å². The number of amides is 2. The van der Waals surface area contributed by atoms with E-state index < -0.39 is 35.8 Å². The topological polar surface area (TPSA) is 72.9 Å². The van der Waals surface area contributed by atoms with Gasteiger partial charge in [-0.15, -0.1) is 0 Å². The number of benzene rings is 2. The first kappa shape index (κ1) is 24.1. The van der Waals surface area contributed by atoms with Crippen LogP contribution in [0.25, 0.3) is 0 Å². The molecule has 0 saturated carbocycles. The summed E-state index contributed by atoms with van der Waals surface area (Å²) < 4.78 is 14.6. The third kappa shape index (κ3) is 4.50. The zero-order valence-corrected chi connectivity index (χ0v) is 19.6. The zero-order chi connectivity index (χ0) is 24.2. The van der Waals surface area contributed by atoms with E-state index in [4.69, 9.17) is 0 Å². The number of nitrogens with zero attached hydrogens (tertiary/aromatic N) is 2. The van der Waals surface area contributed by atoms with Gasteiger partial charge in [0.2, 0.25) is 5.91 Å². The van der Waals surface area contributed by atoms with Gasteiger partial charge >= 0.3 is 0 Å². The van der Waals surface area contributed by atoms with E-state index in [-0.39, 0.29) is 17.5 Å². The van der Waals surface area contributed by atoms with Crippen LogP contribution in [0.3, 0.4) is 0 Å². The number of halogens is 1. The number of para-hydroxylation sites is 2. The third-order valence-corrected chi connectivity index (χ3v) is 6.88. The highest BCUT2D eigenvalue weighted by Crippen LogP contribution is 2.37. The van der Waals surface area contributed by atoms with Gasteiger partial charge in [0.05, 0.1) is 29.4 Å². The second-order valence-electron chi connectivity index (χ2n) is 8.99. The average Bonchev–Trinajstić information content (AvgIpc) is 3.11. The van der Waals surface area contributed by atoms with Crippen LogP contribution in [0.5, 0.6) is 0 Å². The second-order valence-corrected chi connectivity index (χ2v) is 8.99. The van der Waals surface area contributed by atoms with Crippen LogP contribution in [0.1, 0.15) is 39.5 Å². The number of hydrogen-bond donors (Lipinski definition) is 2. The van der Waals surface area contributed by atoms with E-state index in [1.807, 2.05) is 13.0 Å². The van der Waals surface area contributed by atoms with Crippen LogP contribution in [-0.4, -0.2) is 40.1 Å². The maximum Gasteiger partial charge on any atom is 0.254 e. The first-order chi connectivity index (χ1) is 16.5. The van der Waals surface area contributed by atoms with Crippen LogP contribution in [0.15, 0.2) is 66.7 Å². The summed E-state index contributed by atoms with van der Waals surface area (Å²) in [6, 6.07) is 13.5. The van der Waals surface area contributed by atoms with Gasteiger partial charge in [-0.2, -0.15) is 0 Å². The number of hydrogen-bond acceptors (Lipinski definition) is 5. The van der Waals surface area contributed by atoms with Crippen molar-refractivity contribution < 1.29 is 19.1 Å². The number of anilines is 2. The van der Waals surface area contributed by atoms with Crippen molar-refractivity contribution in [2.24, 2.45) is 11.8 Å². The number of unbranched alkanes of at least 4 members (excludes halogenated alkanes) is 1. The first-order valence-corrected chi connectivity index (χ1v) is 12.1. The number of carbonyl (C=O) groups is 2. The predicted molar refractivity (Wildman–Crippen MR) is 130 cm³/mol. The Bertz CT molecular complexity index is 1040. The Hall–Kier alpha value is -3.03. The molecule has 2 aliphatic rings. The van der Waals surface area contributed by atoms with Crippen LogP contribution >= 0.6 is 0 Å². The molecule has 2 aromatic carbocycles. The van der Waals surface area contributed by atoms with Crippen molar-refractivity contribution in [3.05, 3.63) is 72.6 Å². The van der Waals surface area contributed by atoms with Crippen molar-refractivity contribution in [3.8, 4) is 0 Å². The van der Waals surface area contributed by atoms with E-state index in [9.17, 15) is 19.1 Å². The molecular formula is C27H32FN3O3. The van der Waals surface area contributed by atoms with Gasteiger partial charge in [-0.25, -0.2) is 14.3 Å². The Balaban J connectivity index is 1.72. The number of aliphatic hydroxyl groups excluding tert-OH is 1. The molecule has 2 aromatic rings. The molecule has 34 heavy (non-hydrogen) atoms. The molecule has 4 rings (SSSR count). The summed E-state index contributed by atoms with van der Waals surface area (Å²) >= 11 is 0. The van der Waals surface area contributed by atoms with E-state index in [2.05, 4.69) is 12.3 Å². The molecule has 0 aromatic heterocycles. The molecule has 1 saturated heterocycles. The molecule has 2 aliphatic heterocycles. The monoisotopic (exact) mass is 465 g/mol. The Morgan fingerprint density at radius 3 is 2.38 bits per heavy atom. The Kier molecular flexibility index (Phi) is 7.44. The molecule has 2 amide bonds. The molecular weight excluding hydrogens is 433 g/mol. The maximum absolute atomic E-state index is 14.6. The largest absolute Gasteiger partial charge is 0.391 e. The van der Waals surface area contributed by atoms with E-state index in [0.29, 0.717) is 5.69 Å². The van der Waals surface area contributed by atoms with Crippen molar-refractivity contribution in [2.45, 2.75) is 57.7 Å². The van der Waals surface area contributed by atoms with Gasteiger partial charge in [0, 0.05) is 0 Å². The standard InChI is InChI=1S/C27H32FN3O3/c1-3-5-11-18(4-2)25(32)23-17-16-20-24(31(23)29-22-15-10-9-14-21(22)28)27(34)30(26(20)33)19-12-7-6-8-13-19/h6-10,12-18,20,23-25,29,32H,3-5,11H2,1-2H3. The van der Waals surface area contributed by atoms with Gasteiger partial charge in [0.15, 0.2) is 0 Å². The molecule has 0 spiro atoms. The SMILES string of the molecule is CCCCC(CC)C(O)C1C=CC2C(=O)N(c3ccccc3)C(=O)C2N1Nc1ccccc1F. The van der Waals surface area contributed by atoms with Crippen molar-refractivity contribution in [3.63, 3.8) is 0 Å². The van der Waals surface area contributed by atoms with E-state index >= 15 is 0 Å². The summed E-state index contributed by atoms with van der Waals surface area (Å²) in [5.41, 5.74) is 3.74. The second kappa shape index (κ2) is 10.5. The number of imide groups is 1. The molecule has 5 unspecified atom stereocenters. The summed E-state index contributed by atoms with van der Waals surface area (Å²) in [5, 5.41) is 13.0. The number of aliphatic hydroxyl groups is 1. The minimum absolute atomic E-state index is 0.00787. The van der Waals surface area contributed by atoms with Crippen LogP contribution in [0, 0.1) is 17.7 Å². The Morgan fingerprint density at radius 2 is 1.71 bits per heavy atom. The van der Waals surface area contributed by atoms with Crippen LogP contribution < -0.4 is 10.3 Å². The molecule has 1 fully saturated rings. The lowest BCUT2D eigenvalue weighted by atomic mass is 9.85. The Labute approximate surface area is 200 Å². The molecule has 5 atom stereocenters. The molecule has 0 bridgehead atoms. The van der Waals surface area contributed by atoms with Crippen molar-refractivity contribution in [1.29, 1.82) is 0 Å². The summed E-state index contributed by atoms with van der Waals surface area (Å²) in [4.78, 5) is 28.1. The highest BCUT2D eigenvalue weighted by atomic mass is 19.1. The average molecular weight is 466 g/mol. The van der Waals surface area contributed by atoms with Gasteiger partial charge in [-0.1, -0.05) is 75.6 Å². The minimum Gasteiger partial charge on any atom is -0.391 e. The lowest BCUT2D eigenvalue weighted by molar-refractivity contribution is -0.123. The molecule has 0 aliphatic carbocycles. The van der Waals surface area contributed by atoms with E-state index in [0.717, 1.165) is 25.7 Å². The molecule has 0 radical (unpaired) electrons. The van der Waals surface area contributed by atoms with Gasteiger partial charge < -0.3 is 10.5 Å². The fourth-order valence-corrected chi connectivity index (χ4v) is 4.98. The highest BCUT2D eigenvalue weighted by molar-refractivity contribution is 6.24. The Morgan fingerprint density at radius 1 is 1.00 bits per heavy atom. The summed E-state index contributed by atoms with van der Waals surface area (Å²) in [5.74, 6) is -1.92. The zero-order valence-electron chi connectivity index (χ0n) is 19.6. The van der Waals surface area contributed by atoms with E-state index in [1.54, 1.807) is 59.6 Å². The first-order valence-electron chi connectivity index (χ1n) is 12.1. The fourth-order valence-electron chi connectivity index (χ4n) is 4.98. The van der Waals surface area contributed by atoms with Crippen LogP contribution in [0.4, 0.5) is 15.8 Å². The van der Waals surface area contributed by atoms with Crippen molar-refractivity contribution >= 4 is 23.2 Å². The maximum atomic E-state index is 14.6. The number of hydrazine groups is 1. The summed E-state index contributed by atoms with van der Waals surface area (Å²) in [7, 11) is 0. The van der Waals surface area contributed by atoms with Crippen LogP contribution in [0.2, 0.25) is 0 Å². The molecule has 180 valence electrons. The van der Waals surface area contributed by atoms with Gasteiger partial charge in [0.1, 0.15) is 11.9 Å². The smallest absolute Gasteiger partial charge is 0.254 e. The molecule has 6 nitrogen and oxygen atoms in total. The number of nitrogens with one attached hydrogen (secondary N) is 1. The molecule has 7 heteroatoms. The number of fused-ring (bicyclic) bond motifs is 1. The fraction of sp³-hybridized carbons (Fsp3) is 0.407. The third-order valence-electron chi connectivity index (χ3n) is 6.88. The highest BCUT2D eigenvalue weighted by Gasteiger charge is 2.54. The lowest BCUT2D eigenvalue weighted by Crippen LogP contribution is -2.58. The normalized spacial score (nSPS) is 24.2. The van der Waals surface area contributed by atoms with Gasteiger partial charge in [-0.3, -0.25) is 9.59 Å². The summed E-state index contributed by atoms with van der Waals surface area (Å²) in [6.45, 7) is 4.14. The predicted octanol–water partition coefficient (Wildman–Crippen LogP) is 4.53. The lowest BCUT2D eigenvalue weighted by Gasteiger charge is -2.42. The van der Waals surface area contributed by atoms with Gasteiger partial charge in [0.25, 0.3) is 5.91 Å². The van der Waals surface area contributed by atoms with E-state index in [1.165, 1.54) is 11.0 Å². The van der Waals surface area contributed by atoms with Crippen molar-refractivity contribution in [2.75, 3.05) is 10.3 Å². The van der Waals surface area contributed by atoms with Gasteiger partial charge in [-0.05, 0) is 36.6 Å². The summed E-state index contributed by atoms with van der Waals surface area (Å²) in [6.07, 6.45) is 6.35. The molecule has 2 heterocycles. The molecule has 2 N–H and O–H groups in total. The quantitative estimate of drug-likeness (QED) is 0.421.